The summed E-state index contributed by atoms with van der Waals surface area (Å²) >= 11 is 6.25. The SMILES string of the molecule is COc1cccc(C2CCCN2C(=O)/C=C/c2c(Cl)nc3ccccn23)c1. The Morgan fingerprint density at radius 2 is 2.19 bits per heavy atom. The second-order valence-corrected chi connectivity index (χ2v) is 6.87. The van der Waals surface area contributed by atoms with E-state index in [0.29, 0.717) is 10.8 Å². The third kappa shape index (κ3) is 3.43. The molecule has 1 atom stereocenters. The molecule has 6 heteroatoms. The Hall–Kier alpha value is -2.79. The molecule has 0 saturated carbocycles. The third-order valence-corrected chi connectivity index (χ3v) is 5.20. The Kier molecular flexibility index (Phi) is 4.86. The number of benzene rings is 1. The number of carbonyl (C=O) groups excluding carboxylic acids is 1. The summed E-state index contributed by atoms with van der Waals surface area (Å²) in [7, 11) is 1.65. The summed E-state index contributed by atoms with van der Waals surface area (Å²) in [4.78, 5) is 19.1. The van der Waals surface area contributed by atoms with Gasteiger partial charge in [0.15, 0.2) is 5.15 Å². The summed E-state index contributed by atoms with van der Waals surface area (Å²) in [5.41, 5.74) is 2.56. The van der Waals surface area contributed by atoms with Crippen molar-refractivity contribution < 1.29 is 9.53 Å². The molecule has 3 heterocycles. The van der Waals surface area contributed by atoms with E-state index < -0.39 is 0 Å². The summed E-state index contributed by atoms with van der Waals surface area (Å²) in [5, 5.41) is 0.385. The van der Waals surface area contributed by atoms with E-state index in [4.69, 9.17) is 16.3 Å². The summed E-state index contributed by atoms with van der Waals surface area (Å²) in [6.07, 6.45) is 7.14. The van der Waals surface area contributed by atoms with E-state index in [1.54, 1.807) is 19.3 Å². The van der Waals surface area contributed by atoms with E-state index in [0.717, 1.165) is 36.3 Å². The van der Waals surface area contributed by atoms with Gasteiger partial charge in [0.05, 0.1) is 18.8 Å². The minimum Gasteiger partial charge on any atom is -0.497 e. The fourth-order valence-corrected chi connectivity index (χ4v) is 3.85. The maximum atomic E-state index is 12.9. The van der Waals surface area contributed by atoms with Gasteiger partial charge < -0.3 is 9.64 Å². The normalized spacial score (nSPS) is 17.1. The Morgan fingerprint density at radius 3 is 3.04 bits per heavy atom. The van der Waals surface area contributed by atoms with E-state index in [2.05, 4.69) is 4.98 Å². The monoisotopic (exact) mass is 381 g/mol. The molecule has 1 saturated heterocycles. The highest BCUT2D eigenvalue weighted by atomic mass is 35.5. The highest BCUT2D eigenvalue weighted by Gasteiger charge is 2.29. The molecule has 0 radical (unpaired) electrons. The van der Waals surface area contributed by atoms with E-state index in [1.807, 2.05) is 58.0 Å². The van der Waals surface area contributed by atoms with Crippen molar-refractivity contribution in [1.82, 2.24) is 14.3 Å². The minimum atomic E-state index is -0.0257. The number of pyridine rings is 1. The number of methoxy groups -OCH3 is 1. The van der Waals surface area contributed by atoms with E-state index in [1.165, 1.54) is 0 Å². The van der Waals surface area contributed by atoms with Crippen molar-refractivity contribution in [3.8, 4) is 5.75 Å². The molecule has 138 valence electrons. The van der Waals surface area contributed by atoms with Gasteiger partial charge in [-0.25, -0.2) is 4.98 Å². The lowest BCUT2D eigenvalue weighted by Gasteiger charge is -2.24. The highest BCUT2D eigenvalue weighted by molar-refractivity contribution is 6.31. The van der Waals surface area contributed by atoms with Crippen molar-refractivity contribution in [2.45, 2.75) is 18.9 Å². The first-order valence-corrected chi connectivity index (χ1v) is 9.30. The maximum Gasteiger partial charge on any atom is 0.247 e. The zero-order chi connectivity index (χ0) is 18.8. The van der Waals surface area contributed by atoms with Crippen LogP contribution in [0.15, 0.2) is 54.7 Å². The number of rotatable bonds is 4. The van der Waals surface area contributed by atoms with Crippen LogP contribution in [0.5, 0.6) is 5.75 Å². The van der Waals surface area contributed by atoms with Gasteiger partial charge in [-0.15, -0.1) is 0 Å². The number of halogens is 1. The zero-order valence-corrected chi connectivity index (χ0v) is 15.8. The summed E-state index contributed by atoms with van der Waals surface area (Å²) < 4.78 is 7.19. The molecule has 0 spiro atoms. The zero-order valence-electron chi connectivity index (χ0n) is 15.0. The minimum absolute atomic E-state index is 0.0257. The lowest BCUT2D eigenvalue weighted by Crippen LogP contribution is -2.28. The Bertz CT molecular complexity index is 1010. The topological polar surface area (TPSA) is 46.8 Å². The van der Waals surface area contributed by atoms with Gasteiger partial charge in [0.1, 0.15) is 11.4 Å². The Labute approximate surface area is 162 Å². The fraction of sp³-hybridized carbons (Fsp3) is 0.238. The predicted octanol–water partition coefficient (Wildman–Crippen LogP) is 4.37. The molecule has 0 N–H and O–H groups in total. The van der Waals surface area contributed by atoms with Crippen LogP contribution in [0.25, 0.3) is 11.7 Å². The molecule has 1 unspecified atom stereocenters. The van der Waals surface area contributed by atoms with E-state index >= 15 is 0 Å². The van der Waals surface area contributed by atoms with Crippen molar-refractivity contribution >= 4 is 29.2 Å². The molecule has 1 amide bonds. The van der Waals surface area contributed by atoms with Crippen molar-refractivity contribution in [3.63, 3.8) is 0 Å². The number of imidazole rings is 1. The number of hydrogen-bond acceptors (Lipinski definition) is 3. The van der Waals surface area contributed by atoms with Crippen LogP contribution < -0.4 is 4.74 Å². The van der Waals surface area contributed by atoms with Crippen LogP contribution in [-0.2, 0) is 4.79 Å². The number of nitrogens with zero attached hydrogens (tertiary/aromatic N) is 3. The van der Waals surface area contributed by atoms with Crippen LogP contribution in [0.2, 0.25) is 5.15 Å². The first-order valence-electron chi connectivity index (χ1n) is 8.92. The van der Waals surface area contributed by atoms with Crippen LogP contribution in [0.4, 0.5) is 0 Å². The van der Waals surface area contributed by atoms with E-state index in [9.17, 15) is 4.79 Å². The van der Waals surface area contributed by atoms with Gasteiger partial charge in [-0.2, -0.15) is 0 Å². The molecular formula is C21H20ClN3O2. The first-order chi connectivity index (χ1) is 13.2. The highest BCUT2D eigenvalue weighted by Crippen LogP contribution is 2.33. The number of hydrogen-bond donors (Lipinski definition) is 0. The van der Waals surface area contributed by atoms with Crippen molar-refractivity contribution in [3.05, 3.63) is 71.1 Å². The number of likely N-dealkylation sites (tertiary alicyclic amines) is 1. The van der Waals surface area contributed by atoms with E-state index in [-0.39, 0.29) is 11.9 Å². The molecule has 1 aliphatic rings. The molecule has 1 fully saturated rings. The second kappa shape index (κ2) is 7.45. The van der Waals surface area contributed by atoms with Crippen LogP contribution >= 0.6 is 11.6 Å². The third-order valence-electron chi connectivity index (χ3n) is 4.92. The lowest BCUT2D eigenvalue weighted by molar-refractivity contribution is -0.126. The molecule has 1 aromatic carbocycles. The average Bonchev–Trinajstić information content (AvgIpc) is 3.30. The lowest BCUT2D eigenvalue weighted by atomic mass is 10.0. The van der Waals surface area contributed by atoms with Gasteiger partial charge >= 0.3 is 0 Å². The Balaban J connectivity index is 1.58. The van der Waals surface area contributed by atoms with Crippen molar-refractivity contribution in [2.75, 3.05) is 13.7 Å². The smallest absolute Gasteiger partial charge is 0.247 e. The van der Waals surface area contributed by atoms with Gasteiger partial charge in [0, 0.05) is 18.8 Å². The van der Waals surface area contributed by atoms with Crippen LogP contribution in [0, 0.1) is 0 Å². The molecular weight excluding hydrogens is 362 g/mol. The molecule has 0 aliphatic carbocycles. The molecule has 2 aromatic heterocycles. The summed E-state index contributed by atoms with van der Waals surface area (Å²) in [6, 6.07) is 13.7. The van der Waals surface area contributed by atoms with Gasteiger partial charge in [-0.05, 0) is 48.7 Å². The number of aromatic nitrogens is 2. The summed E-state index contributed by atoms with van der Waals surface area (Å²) in [6.45, 7) is 0.742. The molecule has 27 heavy (non-hydrogen) atoms. The molecule has 3 aromatic rings. The average molecular weight is 382 g/mol. The molecule has 1 aliphatic heterocycles. The molecule has 5 nitrogen and oxygen atoms in total. The van der Waals surface area contributed by atoms with Crippen LogP contribution in [0.3, 0.4) is 0 Å². The van der Waals surface area contributed by atoms with Crippen LogP contribution in [-0.4, -0.2) is 33.8 Å². The largest absolute Gasteiger partial charge is 0.497 e. The molecule has 0 bridgehead atoms. The first kappa shape index (κ1) is 17.6. The van der Waals surface area contributed by atoms with Gasteiger partial charge in [-0.3, -0.25) is 9.20 Å². The number of ether oxygens (including phenoxy) is 1. The van der Waals surface area contributed by atoms with Gasteiger partial charge in [0.2, 0.25) is 5.91 Å². The quantitative estimate of drug-likeness (QED) is 0.630. The summed E-state index contributed by atoms with van der Waals surface area (Å²) in [5.74, 6) is 0.780. The number of amides is 1. The Morgan fingerprint density at radius 1 is 1.30 bits per heavy atom. The molecule has 4 rings (SSSR count). The maximum absolute atomic E-state index is 12.9. The second-order valence-electron chi connectivity index (χ2n) is 6.52. The standard InChI is InChI=1S/C21H20ClN3O2/c1-27-16-7-4-6-15(14-16)17-8-5-13-25(17)20(26)11-10-18-21(22)23-19-9-2-3-12-24(18)19/h2-4,6-7,9-12,14,17H,5,8,13H2,1H3/b11-10+. The fourth-order valence-electron chi connectivity index (χ4n) is 3.61. The number of fused-ring (bicyclic) bond motifs is 1. The number of carbonyl (C=O) groups is 1. The van der Waals surface area contributed by atoms with Crippen molar-refractivity contribution in [1.29, 1.82) is 0 Å². The predicted molar refractivity (Wildman–Crippen MR) is 106 cm³/mol. The van der Waals surface area contributed by atoms with Gasteiger partial charge in [-0.1, -0.05) is 29.8 Å². The van der Waals surface area contributed by atoms with Crippen molar-refractivity contribution in [2.24, 2.45) is 0 Å². The van der Waals surface area contributed by atoms with Gasteiger partial charge in [0.25, 0.3) is 0 Å². The van der Waals surface area contributed by atoms with Crippen LogP contribution in [0.1, 0.15) is 30.1 Å².